The molecule has 1 aromatic carbocycles. The number of hydrogen-bond donors (Lipinski definition) is 1. The van der Waals surface area contributed by atoms with Crippen LogP contribution in [0.3, 0.4) is 0 Å². The van der Waals surface area contributed by atoms with E-state index in [2.05, 4.69) is 0 Å². The maximum absolute atomic E-state index is 13.2. The van der Waals surface area contributed by atoms with Gasteiger partial charge in [0.25, 0.3) is 0 Å². The second-order valence-electron chi connectivity index (χ2n) is 5.59. The molecule has 0 heterocycles. The number of aliphatic hydroxyl groups excluding tert-OH is 1. The molecule has 0 amide bonds. The lowest BCUT2D eigenvalue weighted by Crippen LogP contribution is -2.38. The van der Waals surface area contributed by atoms with E-state index in [0.29, 0.717) is 0 Å². The zero-order valence-electron chi connectivity index (χ0n) is 11.8. The van der Waals surface area contributed by atoms with Gasteiger partial charge < -0.3 is 9.84 Å². The Morgan fingerprint density at radius 1 is 1.21 bits per heavy atom. The van der Waals surface area contributed by atoms with Crippen LogP contribution < -0.4 is 0 Å². The highest BCUT2D eigenvalue weighted by atomic mass is 19.1. The molecule has 106 valence electrons. The Balaban J connectivity index is 2.31. The zero-order chi connectivity index (χ0) is 13.9. The first kappa shape index (κ1) is 14.5. The van der Waals surface area contributed by atoms with E-state index in [0.717, 1.165) is 36.8 Å². The molecule has 1 aromatic rings. The molecule has 1 unspecified atom stereocenters. The van der Waals surface area contributed by atoms with Crippen molar-refractivity contribution in [2.24, 2.45) is 0 Å². The number of aliphatic hydroxyl groups is 1. The van der Waals surface area contributed by atoms with Crippen LogP contribution in [0.5, 0.6) is 0 Å². The fourth-order valence-electron chi connectivity index (χ4n) is 3.15. The standard InChI is InChI=1S/C16H23FO2/c1-12-11-13(17)7-8-14(12)15(18)16(19-2)9-5-3-4-6-10-16/h7-8,11,15,18H,3-6,9-10H2,1-2H3. The number of aryl methyl sites for hydroxylation is 1. The predicted octanol–water partition coefficient (Wildman–Crippen LogP) is 3.91. The lowest BCUT2D eigenvalue weighted by molar-refractivity contribution is -0.114. The van der Waals surface area contributed by atoms with E-state index >= 15 is 0 Å². The molecular weight excluding hydrogens is 243 g/mol. The molecule has 0 saturated heterocycles. The second kappa shape index (κ2) is 6.02. The number of halogens is 1. The monoisotopic (exact) mass is 266 g/mol. The molecule has 0 radical (unpaired) electrons. The molecule has 1 N–H and O–H groups in total. The lowest BCUT2D eigenvalue weighted by Gasteiger charge is -2.37. The van der Waals surface area contributed by atoms with E-state index in [1.165, 1.54) is 25.0 Å². The van der Waals surface area contributed by atoms with Gasteiger partial charge in [-0.2, -0.15) is 0 Å². The molecule has 1 aliphatic rings. The molecule has 2 rings (SSSR count). The molecule has 0 bridgehead atoms. The summed E-state index contributed by atoms with van der Waals surface area (Å²) in [6.45, 7) is 1.84. The van der Waals surface area contributed by atoms with Gasteiger partial charge in [0.1, 0.15) is 11.9 Å². The summed E-state index contributed by atoms with van der Waals surface area (Å²) in [7, 11) is 1.67. The maximum Gasteiger partial charge on any atom is 0.123 e. The van der Waals surface area contributed by atoms with E-state index < -0.39 is 11.7 Å². The van der Waals surface area contributed by atoms with Crippen molar-refractivity contribution in [3.63, 3.8) is 0 Å². The van der Waals surface area contributed by atoms with Crippen molar-refractivity contribution >= 4 is 0 Å². The van der Waals surface area contributed by atoms with Gasteiger partial charge in [0, 0.05) is 7.11 Å². The Morgan fingerprint density at radius 3 is 2.37 bits per heavy atom. The highest BCUT2D eigenvalue weighted by Crippen LogP contribution is 2.41. The van der Waals surface area contributed by atoms with E-state index in [4.69, 9.17) is 4.74 Å². The first-order valence-corrected chi connectivity index (χ1v) is 7.08. The highest BCUT2D eigenvalue weighted by molar-refractivity contribution is 5.30. The average Bonchev–Trinajstić information content (AvgIpc) is 2.64. The van der Waals surface area contributed by atoms with Gasteiger partial charge in [-0.25, -0.2) is 4.39 Å². The van der Waals surface area contributed by atoms with E-state index in [1.54, 1.807) is 13.2 Å². The molecule has 2 nitrogen and oxygen atoms in total. The number of hydrogen-bond acceptors (Lipinski definition) is 2. The summed E-state index contributed by atoms with van der Waals surface area (Å²) in [4.78, 5) is 0. The molecule has 1 fully saturated rings. The first-order valence-electron chi connectivity index (χ1n) is 7.08. The Bertz CT molecular complexity index is 423. The van der Waals surface area contributed by atoms with Crippen molar-refractivity contribution in [2.75, 3.05) is 7.11 Å². The zero-order valence-corrected chi connectivity index (χ0v) is 11.8. The van der Waals surface area contributed by atoms with Gasteiger partial charge >= 0.3 is 0 Å². The fourth-order valence-corrected chi connectivity index (χ4v) is 3.15. The van der Waals surface area contributed by atoms with Gasteiger partial charge in [0.15, 0.2) is 0 Å². The van der Waals surface area contributed by atoms with Crippen LogP contribution in [0.2, 0.25) is 0 Å². The average molecular weight is 266 g/mol. The minimum Gasteiger partial charge on any atom is -0.385 e. The van der Waals surface area contributed by atoms with Crippen molar-refractivity contribution in [1.82, 2.24) is 0 Å². The summed E-state index contributed by atoms with van der Waals surface area (Å²) in [5, 5.41) is 10.7. The Hall–Kier alpha value is -0.930. The van der Waals surface area contributed by atoms with Gasteiger partial charge in [-0.3, -0.25) is 0 Å². The summed E-state index contributed by atoms with van der Waals surface area (Å²) in [6, 6.07) is 4.56. The Kier molecular flexibility index (Phi) is 4.58. The molecule has 1 aliphatic carbocycles. The third-order valence-corrected chi connectivity index (χ3v) is 4.38. The topological polar surface area (TPSA) is 29.5 Å². The third kappa shape index (κ3) is 2.98. The summed E-state index contributed by atoms with van der Waals surface area (Å²) in [5.74, 6) is -0.263. The number of rotatable bonds is 3. The maximum atomic E-state index is 13.2. The van der Waals surface area contributed by atoms with Crippen molar-refractivity contribution in [3.8, 4) is 0 Å². The number of benzene rings is 1. The minimum atomic E-state index is -0.684. The van der Waals surface area contributed by atoms with Crippen molar-refractivity contribution in [2.45, 2.75) is 57.2 Å². The van der Waals surface area contributed by atoms with E-state index in [-0.39, 0.29) is 5.82 Å². The van der Waals surface area contributed by atoms with Gasteiger partial charge in [0.2, 0.25) is 0 Å². The number of ether oxygens (including phenoxy) is 1. The van der Waals surface area contributed by atoms with E-state index in [1.807, 2.05) is 6.92 Å². The molecule has 19 heavy (non-hydrogen) atoms. The van der Waals surface area contributed by atoms with Crippen LogP contribution in [0, 0.1) is 12.7 Å². The Labute approximate surface area is 114 Å². The quantitative estimate of drug-likeness (QED) is 0.841. The minimum absolute atomic E-state index is 0.263. The summed E-state index contributed by atoms with van der Waals surface area (Å²) in [5.41, 5.74) is 1.05. The second-order valence-corrected chi connectivity index (χ2v) is 5.59. The largest absolute Gasteiger partial charge is 0.385 e. The molecule has 1 atom stereocenters. The van der Waals surface area contributed by atoms with Gasteiger partial charge in [0.05, 0.1) is 5.60 Å². The van der Waals surface area contributed by atoms with Crippen LogP contribution in [-0.4, -0.2) is 17.8 Å². The molecular formula is C16H23FO2. The normalized spacial score (nSPS) is 20.8. The fraction of sp³-hybridized carbons (Fsp3) is 0.625. The third-order valence-electron chi connectivity index (χ3n) is 4.38. The van der Waals surface area contributed by atoms with Crippen LogP contribution in [0.15, 0.2) is 18.2 Å². The lowest BCUT2D eigenvalue weighted by atomic mass is 9.83. The molecule has 0 aromatic heterocycles. The van der Waals surface area contributed by atoms with Crippen LogP contribution in [0.4, 0.5) is 4.39 Å². The van der Waals surface area contributed by atoms with Crippen molar-refractivity contribution in [1.29, 1.82) is 0 Å². The molecule has 1 saturated carbocycles. The molecule has 0 spiro atoms. The summed E-state index contributed by atoms with van der Waals surface area (Å²) in [6.07, 6.45) is 5.58. The van der Waals surface area contributed by atoms with Crippen molar-refractivity contribution in [3.05, 3.63) is 35.1 Å². The van der Waals surface area contributed by atoms with Crippen LogP contribution >= 0.6 is 0 Å². The van der Waals surface area contributed by atoms with Crippen LogP contribution in [0.25, 0.3) is 0 Å². The van der Waals surface area contributed by atoms with Crippen molar-refractivity contribution < 1.29 is 14.2 Å². The van der Waals surface area contributed by atoms with Crippen LogP contribution in [-0.2, 0) is 4.74 Å². The smallest absolute Gasteiger partial charge is 0.123 e. The van der Waals surface area contributed by atoms with E-state index in [9.17, 15) is 9.50 Å². The van der Waals surface area contributed by atoms with Gasteiger partial charge in [-0.05, 0) is 43.0 Å². The first-order chi connectivity index (χ1) is 9.09. The molecule has 3 heteroatoms. The SMILES string of the molecule is COC1(C(O)c2ccc(F)cc2C)CCCCCC1. The van der Waals surface area contributed by atoms with Crippen LogP contribution in [0.1, 0.15) is 55.8 Å². The summed E-state index contributed by atoms with van der Waals surface area (Å²) < 4.78 is 18.9. The predicted molar refractivity (Wildman–Crippen MR) is 73.5 cm³/mol. The van der Waals surface area contributed by atoms with Gasteiger partial charge in [-0.1, -0.05) is 31.7 Å². The summed E-state index contributed by atoms with van der Waals surface area (Å²) >= 11 is 0. The highest BCUT2D eigenvalue weighted by Gasteiger charge is 2.39. The van der Waals surface area contributed by atoms with Gasteiger partial charge in [-0.15, -0.1) is 0 Å². The number of methoxy groups -OCH3 is 1. The Morgan fingerprint density at radius 2 is 1.84 bits per heavy atom. The molecule has 0 aliphatic heterocycles.